The lowest BCUT2D eigenvalue weighted by Gasteiger charge is -2.37. The number of piperidine rings is 1. The molecule has 2 atom stereocenters. The van der Waals surface area contributed by atoms with E-state index in [4.69, 9.17) is 4.42 Å². The number of fused-ring (bicyclic) bond motifs is 1. The van der Waals surface area contributed by atoms with Crippen molar-refractivity contribution in [3.05, 3.63) is 59.5 Å². The van der Waals surface area contributed by atoms with Crippen LogP contribution in [0.1, 0.15) is 62.5 Å². The van der Waals surface area contributed by atoms with Crippen LogP contribution < -0.4 is 5.32 Å². The highest BCUT2D eigenvalue weighted by atomic mass is 16.3. The summed E-state index contributed by atoms with van der Waals surface area (Å²) in [5.74, 6) is 1.11. The standard InChI is InChI=1S/C26H35N3O3/c1-19(2)15-25(30)29-18-21-10-5-4-9-20(21)16-22(29)26(31)27-17-23(24-11-8-14-32-24)28-12-6-3-7-13-28/h4-5,8-11,14,19,22-23H,3,6-7,12-13,15-18H2,1-2H3,(H,27,31). The van der Waals surface area contributed by atoms with Crippen LogP contribution in [0.25, 0.3) is 0 Å². The molecule has 0 aliphatic carbocycles. The van der Waals surface area contributed by atoms with Gasteiger partial charge in [-0.15, -0.1) is 0 Å². The van der Waals surface area contributed by atoms with Crippen molar-refractivity contribution < 1.29 is 14.0 Å². The summed E-state index contributed by atoms with van der Waals surface area (Å²) in [4.78, 5) is 30.6. The van der Waals surface area contributed by atoms with Gasteiger partial charge in [-0.25, -0.2) is 0 Å². The zero-order valence-electron chi connectivity index (χ0n) is 19.3. The van der Waals surface area contributed by atoms with Crippen molar-refractivity contribution in [2.24, 2.45) is 5.92 Å². The van der Waals surface area contributed by atoms with E-state index in [9.17, 15) is 9.59 Å². The van der Waals surface area contributed by atoms with Gasteiger partial charge in [0, 0.05) is 25.9 Å². The number of carbonyl (C=O) groups is 2. The molecule has 2 aliphatic heterocycles. The Hall–Kier alpha value is -2.60. The van der Waals surface area contributed by atoms with E-state index >= 15 is 0 Å². The van der Waals surface area contributed by atoms with E-state index in [1.807, 2.05) is 38.1 Å². The van der Waals surface area contributed by atoms with E-state index in [1.54, 1.807) is 11.2 Å². The van der Waals surface area contributed by atoms with Gasteiger partial charge < -0.3 is 14.6 Å². The molecule has 1 saturated heterocycles. The molecule has 172 valence electrons. The summed E-state index contributed by atoms with van der Waals surface area (Å²) >= 11 is 0. The smallest absolute Gasteiger partial charge is 0.243 e. The number of rotatable bonds is 7. The Morgan fingerprint density at radius 2 is 1.81 bits per heavy atom. The molecule has 1 fully saturated rings. The van der Waals surface area contributed by atoms with Crippen LogP contribution >= 0.6 is 0 Å². The van der Waals surface area contributed by atoms with E-state index in [0.29, 0.717) is 25.9 Å². The first kappa shape index (κ1) is 22.6. The van der Waals surface area contributed by atoms with Gasteiger partial charge >= 0.3 is 0 Å². The summed E-state index contributed by atoms with van der Waals surface area (Å²) in [5.41, 5.74) is 2.29. The Labute approximate surface area is 191 Å². The predicted octanol–water partition coefficient (Wildman–Crippen LogP) is 3.92. The largest absolute Gasteiger partial charge is 0.468 e. The molecule has 2 amide bonds. The maximum Gasteiger partial charge on any atom is 0.243 e. The van der Waals surface area contributed by atoms with Crippen LogP contribution in [-0.2, 0) is 22.6 Å². The Kier molecular flexibility index (Phi) is 7.30. The van der Waals surface area contributed by atoms with Crippen molar-refractivity contribution in [2.45, 2.75) is 64.6 Å². The summed E-state index contributed by atoms with van der Waals surface area (Å²) in [6.45, 7) is 7.08. The third-order valence-electron chi connectivity index (χ3n) is 6.63. The Bertz CT molecular complexity index is 903. The SMILES string of the molecule is CC(C)CC(=O)N1Cc2ccccc2CC1C(=O)NCC(c1ccco1)N1CCCCC1. The van der Waals surface area contributed by atoms with Gasteiger partial charge in [0.15, 0.2) is 0 Å². The van der Waals surface area contributed by atoms with E-state index in [1.165, 1.54) is 19.3 Å². The number of benzene rings is 1. The number of nitrogens with zero attached hydrogens (tertiary/aromatic N) is 2. The fourth-order valence-corrected chi connectivity index (χ4v) is 4.92. The van der Waals surface area contributed by atoms with Crippen molar-refractivity contribution in [3.8, 4) is 0 Å². The molecule has 2 aromatic rings. The Balaban J connectivity index is 1.49. The van der Waals surface area contributed by atoms with E-state index in [2.05, 4.69) is 22.3 Å². The van der Waals surface area contributed by atoms with Gasteiger partial charge in [0.25, 0.3) is 0 Å². The van der Waals surface area contributed by atoms with Crippen LogP contribution in [0.15, 0.2) is 47.1 Å². The minimum atomic E-state index is -0.477. The monoisotopic (exact) mass is 437 g/mol. The normalized spacial score (nSPS) is 20.1. The quantitative estimate of drug-likeness (QED) is 0.713. The highest BCUT2D eigenvalue weighted by Crippen LogP contribution is 2.27. The molecule has 2 unspecified atom stereocenters. The highest BCUT2D eigenvalue weighted by molar-refractivity contribution is 5.88. The van der Waals surface area contributed by atoms with E-state index in [0.717, 1.165) is 30.0 Å². The fourth-order valence-electron chi connectivity index (χ4n) is 4.92. The van der Waals surface area contributed by atoms with Gasteiger partial charge in [0.1, 0.15) is 11.8 Å². The number of hydrogen-bond donors (Lipinski definition) is 1. The summed E-state index contributed by atoms with van der Waals surface area (Å²) in [5, 5.41) is 3.17. The molecule has 1 aromatic heterocycles. The predicted molar refractivity (Wildman–Crippen MR) is 124 cm³/mol. The van der Waals surface area contributed by atoms with Crippen molar-refractivity contribution in [2.75, 3.05) is 19.6 Å². The Morgan fingerprint density at radius 1 is 1.06 bits per heavy atom. The zero-order chi connectivity index (χ0) is 22.5. The average molecular weight is 438 g/mol. The third kappa shape index (κ3) is 5.23. The number of nitrogens with one attached hydrogen (secondary N) is 1. The van der Waals surface area contributed by atoms with Crippen LogP contribution in [0, 0.1) is 5.92 Å². The molecular weight excluding hydrogens is 402 g/mol. The summed E-state index contributed by atoms with van der Waals surface area (Å²) < 4.78 is 5.72. The topological polar surface area (TPSA) is 65.8 Å². The highest BCUT2D eigenvalue weighted by Gasteiger charge is 2.35. The molecule has 6 nitrogen and oxygen atoms in total. The summed E-state index contributed by atoms with van der Waals surface area (Å²) in [7, 11) is 0. The molecule has 6 heteroatoms. The second-order valence-corrected chi connectivity index (χ2v) is 9.48. The fraction of sp³-hybridized carbons (Fsp3) is 0.538. The van der Waals surface area contributed by atoms with Crippen LogP contribution in [0.3, 0.4) is 0 Å². The molecule has 4 rings (SSSR count). The maximum atomic E-state index is 13.4. The summed E-state index contributed by atoms with van der Waals surface area (Å²) in [6, 6.07) is 11.6. The van der Waals surface area contributed by atoms with Gasteiger partial charge in [-0.3, -0.25) is 14.5 Å². The molecule has 1 N–H and O–H groups in total. The van der Waals surface area contributed by atoms with Crippen molar-refractivity contribution in [1.82, 2.24) is 15.1 Å². The van der Waals surface area contributed by atoms with Gasteiger partial charge in [-0.05, 0) is 55.1 Å². The first-order chi connectivity index (χ1) is 15.5. The van der Waals surface area contributed by atoms with Gasteiger partial charge in [-0.1, -0.05) is 44.5 Å². The summed E-state index contributed by atoms with van der Waals surface area (Å²) in [6.07, 6.45) is 6.29. The van der Waals surface area contributed by atoms with Crippen LogP contribution in [-0.4, -0.2) is 47.3 Å². The molecule has 3 heterocycles. The van der Waals surface area contributed by atoms with Crippen LogP contribution in [0.2, 0.25) is 0 Å². The second kappa shape index (κ2) is 10.3. The van der Waals surface area contributed by atoms with Crippen LogP contribution in [0.4, 0.5) is 0 Å². The molecule has 32 heavy (non-hydrogen) atoms. The third-order valence-corrected chi connectivity index (χ3v) is 6.63. The lowest BCUT2D eigenvalue weighted by atomic mass is 9.92. The van der Waals surface area contributed by atoms with Gasteiger partial charge in [-0.2, -0.15) is 0 Å². The van der Waals surface area contributed by atoms with Gasteiger partial charge in [0.05, 0.1) is 12.3 Å². The Morgan fingerprint density at radius 3 is 2.50 bits per heavy atom. The molecule has 0 spiro atoms. The lowest BCUT2D eigenvalue weighted by molar-refractivity contribution is -0.142. The number of furan rings is 1. The van der Waals surface area contributed by atoms with Crippen molar-refractivity contribution >= 4 is 11.8 Å². The molecule has 0 bridgehead atoms. The number of amides is 2. The minimum Gasteiger partial charge on any atom is -0.468 e. The zero-order valence-corrected chi connectivity index (χ0v) is 19.3. The molecule has 2 aliphatic rings. The van der Waals surface area contributed by atoms with Crippen molar-refractivity contribution in [1.29, 1.82) is 0 Å². The van der Waals surface area contributed by atoms with Gasteiger partial charge in [0.2, 0.25) is 11.8 Å². The molecular formula is C26H35N3O3. The first-order valence-corrected chi connectivity index (χ1v) is 11.9. The first-order valence-electron chi connectivity index (χ1n) is 11.9. The van der Waals surface area contributed by atoms with E-state index < -0.39 is 6.04 Å². The minimum absolute atomic E-state index is 0.0185. The average Bonchev–Trinajstić information content (AvgIpc) is 3.33. The molecule has 0 radical (unpaired) electrons. The molecule has 1 aromatic carbocycles. The number of carbonyl (C=O) groups excluding carboxylic acids is 2. The lowest BCUT2D eigenvalue weighted by Crippen LogP contribution is -2.53. The van der Waals surface area contributed by atoms with E-state index in [-0.39, 0.29) is 23.8 Å². The number of hydrogen-bond acceptors (Lipinski definition) is 4. The second-order valence-electron chi connectivity index (χ2n) is 9.48. The molecule has 0 saturated carbocycles. The van der Waals surface area contributed by atoms with Crippen LogP contribution in [0.5, 0.6) is 0 Å². The number of likely N-dealkylation sites (tertiary alicyclic amines) is 1. The van der Waals surface area contributed by atoms with Crippen molar-refractivity contribution in [3.63, 3.8) is 0 Å². The maximum absolute atomic E-state index is 13.4.